The van der Waals surface area contributed by atoms with Gasteiger partial charge in [-0.05, 0) is 30.0 Å². The van der Waals surface area contributed by atoms with Gasteiger partial charge in [-0.3, -0.25) is 0 Å². The van der Waals surface area contributed by atoms with Crippen LogP contribution in [-0.2, 0) is 5.54 Å². The minimum Gasteiger partial charge on any atom is -0.360 e. The van der Waals surface area contributed by atoms with Crippen molar-refractivity contribution >= 4 is 11.0 Å². The van der Waals surface area contributed by atoms with Crippen molar-refractivity contribution in [2.45, 2.75) is 37.8 Å². The highest BCUT2D eigenvalue weighted by atomic mass is 15.2. The molecule has 2 aromatic rings. The number of rotatable bonds is 2. The standard InChI is InChI=1S/C15H20N4/c1-9(2)11-7-17-12-3-4-13(18-14(11)12)15-5-10(19-15)6-16-8-15/h3-4,7,9-10,16-17,19H,5-6,8H2,1-2H3. The Morgan fingerprint density at radius 3 is 2.89 bits per heavy atom. The van der Waals surface area contributed by atoms with E-state index in [0.717, 1.165) is 24.1 Å². The average Bonchev–Trinajstić information content (AvgIpc) is 2.81. The summed E-state index contributed by atoms with van der Waals surface area (Å²) >= 11 is 0. The van der Waals surface area contributed by atoms with Crippen LogP contribution in [0.1, 0.15) is 37.4 Å². The van der Waals surface area contributed by atoms with Gasteiger partial charge in [-0.2, -0.15) is 0 Å². The summed E-state index contributed by atoms with van der Waals surface area (Å²) in [7, 11) is 0. The number of piperazine rings is 1. The van der Waals surface area contributed by atoms with Crippen molar-refractivity contribution in [1.29, 1.82) is 0 Å². The number of aromatic amines is 1. The zero-order valence-electron chi connectivity index (χ0n) is 11.5. The normalized spacial score (nSPS) is 29.7. The first kappa shape index (κ1) is 11.4. The molecule has 3 aliphatic rings. The highest BCUT2D eigenvalue weighted by Gasteiger charge is 2.48. The Kier molecular flexibility index (Phi) is 2.29. The second-order valence-electron chi connectivity index (χ2n) is 6.25. The smallest absolute Gasteiger partial charge is 0.0917 e. The zero-order valence-corrected chi connectivity index (χ0v) is 11.5. The highest BCUT2D eigenvalue weighted by Crippen LogP contribution is 2.37. The third kappa shape index (κ3) is 1.56. The predicted molar refractivity (Wildman–Crippen MR) is 76.3 cm³/mol. The fourth-order valence-corrected chi connectivity index (χ4v) is 3.49. The number of aromatic nitrogens is 2. The Morgan fingerprint density at radius 2 is 2.21 bits per heavy atom. The molecule has 0 aromatic carbocycles. The van der Waals surface area contributed by atoms with Gasteiger partial charge >= 0.3 is 0 Å². The van der Waals surface area contributed by atoms with Crippen LogP contribution in [0.5, 0.6) is 0 Å². The van der Waals surface area contributed by atoms with Gasteiger partial charge in [0.2, 0.25) is 0 Å². The molecule has 2 bridgehead atoms. The molecule has 0 amide bonds. The Hall–Kier alpha value is -1.39. The number of H-pyrrole nitrogens is 1. The van der Waals surface area contributed by atoms with Crippen LogP contribution in [0.15, 0.2) is 18.3 Å². The molecule has 2 atom stereocenters. The fourth-order valence-electron chi connectivity index (χ4n) is 3.49. The van der Waals surface area contributed by atoms with E-state index in [1.54, 1.807) is 0 Å². The van der Waals surface area contributed by atoms with Gasteiger partial charge in [-0.25, -0.2) is 4.98 Å². The van der Waals surface area contributed by atoms with Crippen LogP contribution in [0.25, 0.3) is 11.0 Å². The molecule has 3 aliphatic heterocycles. The van der Waals surface area contributed by atoms with Crippen LogP contribution in [0.4, 0.5) is 0 Å². The lowest BCUT2D eigenvalue weighted by Gasteiger charge is -2.53. The Balaban J connectivity index is 1.81. The van der Waals surface area contributed by atoms with E-state index < -0.39 is 0 Å². The quantitative estimate of drug-likeness (QED) is 0.768. The molecule has 3 fully saturated rings. The third-order valence-electron chi connectivity index (χ3n) is 4.56. The maximum Gasteiger partial charge on any atom is 0.0917 e. The maximum absolute atomic E-state index is 4.96. The summed E-state index contributed by atoms with van der Waals surface area (Å²) in [6.07, 6.45) is 3.31. The first-order valence-corrected chi connectivity index (χ1v) is 7.15. The molecule has 100 valence electrons. The van der Waals surface area contributed by atoms with Crippen molar-refractivity contribution in [3.63, 3.8) is 0 Å². The van der Waals surface area contributed by atoms with Gasteiger partial charge < -0.3 is 15.6 Å². The van der Waals surface area contributed by atoms with E-state index >= 15 is 0 Å². The summed E-state index contributed by atoms with van der Waals surface area (Å²) < 4.78 is 0. The summed E-state index contributed by atoms with van der Waals surface area (Å²) in [4.78, 5) is 8.28. The van der Waals surface area contributed by atoms with Crippen LogP contribution < -0.4 is 10.6 Å². The summed E-state index contributed by atoms with van der Waals surface area (Å²) in [6, 6.07) is 4.96. The molecule has 2 aromatic heterocycles. The minimum absolute atomic E-state index is 0.0720. The molecule has 0 spiro atoms. The van der Waals surface area contributed by atoms with Crippen LogP contribution in [0, 0.1) is 0 Å². The number of fused-ring (bicyclic) bond motifs is 3. The first-order chi connectivity index (χ1) is 9.18. The molecule has 5 rings (SSSR count). The first-order valence-electron chi connectivity index (χ1n) is 7.15. The monoisotopic (exact) mass is 256 g/mol. The van der Waals surface area contributed by atoms with Gasteiger partial charge in [0.15, 0.2) is 0 Å². The van der Waals surface area contributed by atoms with Crippen molar-refractivity contribution in [2.24, 2.45) is 0 Å². The van der Waals surface area contributed by atoms with Gasteiger partial charge in [0, 0.05) is 25.3 Å². The number of nitrogens with one attached hydrogen (secondary N) is 3. The number of pyridine rings is 1. The van der Waals surface area contributed by atoms with E-state index in [4.69, 9.17) is 4.98 Å². The van der Waals surface area contributed by atoms with Crippen LogP contribution in [0.3, 0.4) is 0 Å². The Morgan fingerprint density at radius 1 is 1.37 bits per heavy atom. The van der Waals surface area contributed by atoms with Gasteiger partial charge in [-0.15, -0.1) is 0 Å². The third-order valence-corrected chi connectivity index (χ3v) is 4.56. The molecular weight excluding hydrogens is 236 g/mol. The predicted octanol–water partition coefficient (Wildman–Crippen LogP) is 1.85. The van der Waals surface area contributed by atoms with E-state index in [1.165, 1.54) is 17.7 Å². The fraction of sp³-hybridized carbons (Fsp3) is 0.533. The van der Waals surface area contributed by atoms with Gasteiger partial charge in [0.1, 0.15) is 0 Å². The molecule has 0 radical (unpaired) electrons. The summed E-state index contributed by atoms with van der Waals surface area (Å²) in [6.45, 7) is 6.51. The molecule has 3 N–H and O–H groups in total. The summed E-state index contributed by atoms with van der Waals surface area (Å²) in [5.74, 6) is 0.501. The number of hydrogen-bond acceptors (Lipinski definition) is 3. The van der Waals surface area contributed by atoms with Crippen LogP contribution in [0.2, 0.25) is 0 Å². The molecule has 19 heavy (non-hydrogen) atoms. The number of hydrogen-bond donors (Lipinski definition) is 3. The van der Waals surface area contributed by atoms with Gasteiger partial charge in [0.25, 0.3) is 0 Å². The Labute approximate surface area is 113 Å². The van der Waals surface area contributed by atoms with Gasteiger partial charge in [0.05, 0.1) is 22.3 Å². The lowest BCUT2D eigenvalue weighted by molar-refractivity contribution is 0.0834. The van der Waals surface area contributed by atoms with Crippen LogP contribution in [-0.4, -0.2) is 29.1 Å². The lowest BCUT2D eigenvalue weighted by atomic mass is 9.75. The second kappa shape index (κ2) is 3.81. The van der Waals surface area contributed by atoms with Crippen LogP contribution >= 0.6 is 0 Å². The molecule has 0 saturated carbocycles. The van der Waals surface area contributed by atoms with Crippen molar-refractivity contribution in [1.82, 2.24) is 20.6 Å². The van der Waals surface area contributed by atoms with E-state index in [-0.39, 0.29) is 5.54 Å². The van der Waals surface area contributed by atoms with Crippen molar-refractivity contribution < 1.29 is 0 Å². The second-order valence-corrected chi connectivity index (χ2v) is 6.25. The van der Waals surface area contributed by atoms with E-state index in [9.17, 15) is 0 Å². The molecule has 4 nitrogen and oxygen atoms in total. The zero-order chi connectivity index (χ0) is 13.0. The number of piperidine rings is 1. The average molecular weight is 256 g/mol. The van der Waals surface area contributed by atoms with E-state index in [0.29, 0.717) is 12.0 Å². The topological polar surface area (TPSA) is 52.7 Å². The largest absolute Gasteiger partial charge is 0.360 e. The molecule has 4 heteroatoms. The molecule has 3 saturated heterocycles. The van der Waals surface area contributed by atoms with E-state index in [2.05, 4.69) is 47.8 Å². The highest BCUT2D eigenvalue weighted by molar-refractivity contribution is 5.79. The number of nitrogens with zero attached hydrogens (tertiary/aromatic N) is 1. The lowest BCUT2D eigenvalue weighted by Crippen LogP contribution is -2.72. The SMILES string of the molecule is CC(C)c1c[nH]c2ccc(C34CNCC(C3)N4)nc12. The molecule has 2 unspecified atom stereocenters. The van der Waals surface area contributed by atoms with Crippen molar-refractivity contribution in [2.75, 3.05) is 13.1 Å². The molecule has 0 aliphatic carbocycles. The van der Waals surface area contributed by atoms with Crippen molar-refractivity contribution in [3.05, 3.63) is 29.6 Å². The summed E-state index contributed by atoms with van der Waals surface area (Å²) in [5.41, 5.74) is 4.85. The maximum atomic E-state index is 4.96. The van der Waals surface area contributed by atoms with Gasteiger partial charge in [-0.1, -0.05) is 13.8 Å². The Bertz CT molecular complexity index is 617. The van der Waals surface area contributed by atoms with Crippen molar-refractivity contribution in [3.8, 4) is 0 Å². The minimum atomic E-state index is 0.0720. The molecule has 5 heterocycles. The molecular formula is C15H20N4. The van der Waals surface area contributed by atoms with E-state index in [1.807, 2.05) is 0 Å². The summed E-state index contributed by atoms with van der Waals surface area (Å²) in [5, 5.41) is 7.17.